The Kier molecular flexibility index (Phi) is 3.23. The lowest BCUT2D eigenvalue weighted by molar-refractivity contribution is -0.144. The second-order valence-electron chi connectivity index (χ2n) is 5.35. The summed E-state index contributed by atoms with van der Waals surface area (Å²) in [4.78, 5) is 6.59. The second kappa shape index (κ2) is 5.16. The third-order valence-electron chi connectivity index (χ3n) is 3.82. The summed E-state index contributed by atoms with van der Waals surface area (Å²) in [5.41, 5.74) is 4.88. The van der Waals surface area contributed by atoms with Gasteiger partial charge in [0.1, 0.15) is 0 Å². The molecule has 0 fully saturated rings. The van der Waals surface area contributed by atoms with Gasteiger partial charge in [-0.2, -0.15) is 13.2 Å². The molecule has 6 heteroatoms. The minimum atomic E-state index is -4.45. The number of aromatic amines is 1. The highest BCUT2D eigenvalue weighted by Crippen LogP contribution is 2.40. The summed E-state index contributed by atoms with van der Waals surface area (Å²) in [6.45, 7) is 0. The van der Waals surface area contributed by atoms with Crippen LogP contribution in [-0.4, -0.2) is 9.97 Å². The van der Waals surface area contributed by atoms with Gasteiger partial charge < -0.3 is 4.98 Å². The van der Waals surface area contributed by atoms with Crippen LogP contribution in [0.25, 0.3) is 11.1 Å². The first-order chi connectivity index (χ1) is 11.0. The molecule has 0 saturated heterocycles. The number of benzene rings is 2. The predicted octanol–water partition coefficient (Wildman–Crippen LogP) is 5.15. The average Bonchev–Trinajstić information content (AvgIpc) is 3.11. The number of alkyl halides is 3. The van der Waals surface area contributed by atoms with Crippen LogP contribution in [0.3, 0.4) is 0 Å². The normalized spacial score (nSPS) is 13.0. The van der Waals surface area contributed by atoms with E-state index in [2.05, 4.69) is 22.1 Å². The van der Waals surface area contributed by atoms with E-state index in [1.165, 1.54) is 34.6 Å². The van der Waals surface area contributed by atoms with E-state index in [1.807, 2.05) is 30.3 Å². The average molecular weight is 332 g/mol. The number of aromatic nitrogens is 2. The number of rotatable bonds is 2. The molecule has 1 aliphatic rings. The maximum atomic E-state index is 12.6. The molecule has 1 N–H and O–H groups in total. The molecule has 1 aliphatic carbocycles. The Bertz CT molecular complexity index is 884. The summed E-state index contributed by atoms with van der Waals surface area (Å²) in [5, 5.41) is 0.378. The fraction of sp³-hybridized carbons (Fsp3) is 0.118. The number of fused-ring (bicyclic) bond motifs is 3. The number of nitrogens with zero attached hydrogens (tertiary/aromatic N) is 1. The number of hydrogen-bond acceptors (Lipinski definition) is 2. The number of halogens is 3. The van der Waals surface area contributed by atoms with Crippen LogP contribution in [-0.2, 0) is 12.6 Å². The minimum Gasteiger partial charge on any atom is -0.329 e. The van der Waals surface area contributed by atoms with Gasteiger partial charge in [0.15, 0.2) is 0 Å². The third-order valence-corrected chi connectivity index (χ3v) is 4.74. The van der Waals surface area contributed by atoms with Crippen LogP contribution >= 0.6 is 11.8 Å². The maximum absolute atomic E-state index is 12.6. The Morgan fingerprint density at radius 2 is 1.78 bits per heavy atom. The van der Waals surface area contributed by atoms with E-state index in [0.29, 0.717) is 5.03 Å². The van der Waals surface area contributed by atoms with Crippen LogP contribution in [0.15, 0.2) is 58.6 Å². The van der Waals surface area contributed by atoms with Gasteiger partial charge in [0.2, 0.25) is 5.82 Å². The van der Waals surface area contributed by atoms with Crippen LogP contribution in [0.1, 0.15) is 17.0 Å². The molecule has 0 aliphatic heterocycles. The SMILES string of the molecule is FC(F)(F)c1ncc(Sc2ccc3c(c2)-c2ccccc2C3)[nH]1. The van der Waals surface area contributed by atoms with E-state index in [-0.39, 0.29) is 0 Å². The van der Waals surface area contributed by atoms with Crippen molar-refractivity contribution in [3.8, 4) is 11.1 Å². The molecule has 1 heterocycles. The Morgan fingerprint density at radius 1 is 1.00 bits per heavy atom. The molecular weight excluding hydrogens is 321 g/mol. The molecule has 0 radical (unpaired) electrons. The molecule has 2 nitrogen and oxygen atoms in total. The summed E-state index contributed by atoms with van der Waals surface area (Å²) < 4.78 is 37.7. The molecule has 1 aromatic heterocycles. The van der Waals surface area contributed by atoms with Crippen molar-refractivity contribution in [2.75, 3.05) is 0 Å². The third kappa shape index (κ3) is 2.63. The fourth-order valence-corrected chi connectivity index (χ4v) is 3.61. The van der Waals surface area contributed by atoms with Gasteiger partial charge in [0.25, 0.3) is 0 Å². The molecule has 3 aromatic rings. The summed E-state index contributed by atoms with van der Waals surface area (Å²) in [6, 6.07) is 14.2. The highest BCUT2D eigenvalue weighted by Gasteiger charge is 2.34. The van der Waals surface area contributed by atoms with Crippen molar-refractivity contribution in [1.29, 1.82) is 0 Å². The molecule has 0 bridgehead atoms. The molecule has 2 aromatic carbocycles. The zero-order chi connectivity index (χ0) is 16.0. The first kappa shape index (κ1) is 14.4. The topological polar surface area (TPSA) is 28.7 Å². The van der Waals surface area contributed by atoms with Crippen molar-refractivity contribution in [3.05, 3.63) is 65.6 Å². The fourth-order valence-electron chi connectivity index (χ4n) is 2.79. The lowest BCUT2D eigenvalue weighted by Gasteiger charge is -2.05. The Hall–Kier alpha value is -2.21. The molecule has 0 unspecified atom stereocenters. The smallest absolute Gasteiger partial charge is 0.329 e. The van der Waals surface area contributed by atoms with Crippen molar-refractivity contribution in [3.63, 3.8) is 0 Å². The van der Waals surface area contributed by atoms with Crippen LogP contribution in [0.2, 0.25) is 0 Å². The lowest BCUT2D eigenvalue weighted by atomic mass is 10.1. The van der Waals surface area contributed by atoms with Gasteiger partial charge >= 0.3 is 6.18 Å². The Morgan fingerprint density at radius 3 is 2.57 bits per heavy atom. The lowest BCUT2D eigenvalue weighted by Crippen LogP contribution is -2.06. The monoisotopic (exact) mass is 332 g/mol. The van der Waals surface area contributed by atoms with E-state index < -0.39 is 12.0 Å². The molecule has 23 heavy (non-hydrogen) atoms. The minimum absolute atomic E-state index is 0.378. The van der Waals surface area contributed by atoms with E-state index >= 15 is 0 Å². The van der Waals surface area contributed by atoms with Crippen molar-refractivity contribution in [1.82, 2.24) is 9.97 Å². The molecule has 0 saturated carbocycles. The van der Waals surface area contributed by atoms with Crippen LogP contribution in [0.5, 0.6) is 0 Å². The van der Waals surface area contributed by atoms with E-state index in [9.17, 15) is 13.2 Å². The number of nitrogens with one attached hydrogen (secondary N) is 1. The van der Waals surface area contributed by atoms with Gasteiger partial charge in [-0.1, -0.05) is 42.1 Å². The van der Waals surface area contributed by atoms with Gasteiger partial charge in [-0.25, -0.2) is 4.98 Å². The van der Waals surface area contributed by atoms with E-state index in [1.54, 1.807) is 0 Å². The summed E-state index contributed by atoms with van der Waals surface area (Å²) >= 11 is 1.25. The molecule has 116 valence electrons. The number of imidazole rings is 1. The molecule has 0 spiro atoms. The van der Waals surface area contributed by atoms with Crippen LogP contribution in [0.4, 0.5) is 13.2 Å². The van der Waals surface area contributed by atoms with Crippen molar-refractivity contribution in [2.45, 2.75) is 22.5 Å². The first-order valence-corrected chi connectivity index (χ1v) is 7.83. The molecule has 4 rings (SSSR count). The summed E-state index contributed by atoms with van der Waals surface area (Å²) in [7, 11) is 0. The number of hydrogen-bond donors (Lipinski definition) is 1. The standard InChI is InChI=1S/C17H11F3N2S/c18-17(19,20)16-21-9-15(22-16)23-12-6-5-11-7-10-3-1-2-4-13(10)14(11)8-12/h1-6,8-9H,7H2,(H,21,22). The quantitative estimate of drug-likeness (QED) is 0.550. The largest absolute Gasteiger partial charge is 0.449 e. The number of H-pyrrole nitrogens is 1. The Labute approximate surface area is 134 Å². The summed E-state index contributed by atoms with van der Waals surface area (Å²) in [6.07, 6.45) is -2.33. The van der Waals surface area contributed by atoms with Crippen LogP contribution in [0, 0.1) is 0 Å². The predicted molar refractivity (Wildman–Crippen MR) is 82.4 cm³/mol. The second-order valence-corrected chi connectivity index (χ2v) is 6.46. The van der Waals surface area contributed by atoms with Crippen molar-refractivity contribution in [2.24, 2.45) is 0 Å². The van der Waals surface area contributed by atoms with E-state index in [4.69, 9.17) is 0 Å². The van der Waals surface area contributed by atoms with Crippen molar-refractivity contribution >= 4 is 11.8 Å². The van der Waals surface area contributed by atoms with Gasteiger partial charge in [-0.3, -0.25) is 0 Å². The highest BCUT2D eigenvalue weighted by atomic mass is 32.2. The van der Waals surface area contributed by atoms with Gasteiger partial charge in [0.05, 0.1) is 11.2 Å². The van der Waals surface area contributed by atoms with Gasteiger partial charge in [-0.15, -0.1) is 0 Å². The highest BCUT2D eigenvalue weighted by molar-refractivity contribution is 7.99. The zero-order valence-corrected chi connectivity index (χ0v) is 12.6. The summed E-state index contributed by atoms with van der Waals surface area (Å²) in [5.74, 6) is -0.966. The molecular formula is C17H11F3N2S. The first-order valence-electron chi connectivity index (χ1n) is 7.02. The van der Waals surface area contributed by atoms with Crippen LogP contribution < -0.4 is 0 Å². The Balaban J connectivity index is 1.64. The molecule has 0 atom stereocenters. The van der Waals surface area contributed by atoms with Gasteiger partial charge in [0, 0.05) is 4.90 Å². The van der Waals surface area contributed by atoms with Crippen molar-refractivity contribution < 1.29 is 13.2 Å². The van der Waals surface area contributed by atoms with Gasteiger partial charge in [-0.05, 0) is 40.8 Å². The molecule has 0 amide bonds. The maximum Gasteiger partial charge on any atom is 0.449 e. The van der Waals surface area contributed by atoms with E-state index in [0.717, 1.165) is 16.9 Å². The zero-order valence-electron chi connectivity index (χ0n) is 11.8.